The van der Waals surface area contributed by atoms with Crippen LogP contribution < -0.4 is 21.2 Å². The molecule has 0 aliphatic rings. The van der Waals surface area contributed by atoms with Gasteiger partial charge in [-0.3, -0.25) is 0 Å². The molecule has 4 aromatic rings. The van der Waals surface area contributed by atoms with Crippen molar-refractivity contribution in [1.82, 2.24) is 0 Å². The third-order valence-electron chi connectivity index (χ3n) is 7.12. The van der Waals surface area contributed by atoms with Crippen molar-refractivity contribution in [2.24, 2.45) is 5.92 Å². The Balaban J connectivity index is 1.91. The van der Waals surface area contributed by atoms with Crippen LogP contribution in [0.1, 0.15) is 20.3 Å². The van der Waals surface area contributed by atoms with Gasteiger partial charge >= 0.3 is 218 Å². The van der Waals surface area contributed by atoms with Gasteiger partial charge in [-0.15, -0.1) is 0 Å². The Bertz CT molecular complexity index is 1130. The van der Waals surface area contributed by atoms with E-state index in [1.807, 2.05) is 12.1 Å². The van der Waals surface area contributed by atoms with Gasteiger partial charge in [0.25, 0.3) is 0 Å². The summed E-state index contributed by atoms with van der Waals surface area (Å²) in [5.41, 5.74) is 0. The maximum atomic E-state index is 12.4. The van der Waals surface area contributed by atoms with E-state index in [-0.39, 0.29) is 0 Å². The standard InChI is InChI=1S/C32H36O2P2/c1-28(2)23-25-36(34-27-33,31-19-11-5-12-20-31,32-21-13-6-14-22-32)26-24-35(29-15-7-3-8-16-29)30-17-9-4-10-18-30/h3-22,27-28H,23-26H2,1-2H3. The minimum absolute atomic E-state index is 0.499. The zero-order valence-electron chi connectivity index (χ0n) is 21.2. The molecule has 0 radical (unpaired) electrons. The molecule has 4 rings (SSSR count). The van der Waals surface area contributed by atoms with Crippen molar-refractivity contribution in [2.45, 2.75) is 20.3 Å². The quantitative estimate of drug-likeness (QED) is 0.160. The monoisotopic (exact) mass is 514 g/mol. The first kappa shape index (κ1) is 26.3. The van der Waals surface area contributed by atoms with Crippen LogP contribution in [0.4, 0.5) is 0 Å². The van der Waals surface area contributed by atoms with Crippen LogP contribution in [0.25, 0.3) is 0 Å². The molecule has 4 heteroatoms. The van der Waals surface area contributed by atoms with Gasteiger partial charge in [0.2, 0.25) is 0 Å². The molecule has 0 bridgehead atoms. The molecular weight excluding hydrogens is 478 g/mol. The van der Waals surface area contributed by atoms with Crippen molar-refractivity contribution in [1.29, 1.82) is 0 Å². The number of rotatable bonds is 12. The van der Waals surface area contributed by atoms with Gasteiger partial charge < -0.3 is 0 Å². The summed E-state index contributed by atoms with van der Waals surface area (Å²) in [4.78, 5) is 12.4. The fourth-order valence-corrected chi connectivity index (χ4v) is 14.5. The van der Waals surface area contributed by atoms with Gasteiger partial charge in [-0.05, 0) is 0 Å². The summed E-state index contributed by atoms with van der Waals surface area (Å²) in [5.74, 6) is 0.499. The molecule has 0 saturated carbocycles. The number of benzene rings is 4. The van der Waals surface area contributed by atoms with E-state index in [1.54, 1.807) is 0 Å². The SMILES string of the molecule is CC(C)CCP(CCP(c1ccccc1)c1ccccc1)(OC=O)(c1ccccc1)c1ccccc1. The van der Waals surface area contributed by atoms with Crippen LogP contribution in [0.15, 0.2) is 121 Å². The Morgan fingerprint density at radius 2 is 1.08 bits per heavy atom. The number of carbonyl (C=O) groups excluding carboxylic acids is 1. The summed E-state index contributed by atoms with van der Waals surface area (Å²) in [6.45, 7) is 1.87. The van der Waals surface area contributed by atoms with E-state index in [9.17, 15) is 4.79 Å². The number of carbonyl (C=O) groups is 1. The van der Waals surface area contributed by atoms with Gasteiger partial charge in [-0.1, -0.05) is 0 Å². The fourth-order valence-electron chi connectivity index (χ4n) is 5.12. The Morgan fingerprint density at radius 1 is 0.667 bits per heavy atom. The van der Waals surface area contributed by atoms with E-state index in [4.69, 9.17) is 4.52 Å². The summed E-state index contributed by atoms with van der Waals surface area (Å²) < 4.78 is 6.62. The van der Waals surface area contributed by atoms with Crippen molar-refractivity contribution in [3.8, 4) is 0 Å². The second-order valence-corrected chi connectivity index (χ2v) is 17.0. The average molecular weight is 515 g/mol. The first-order chi connectivity index (χ1) is 17.6. The zero-order chi connectivity index (χ0) is 25.3. The average Bonchev–Trinajstić information content (AvgIpc) is 2.94. The van der Waals surface area contributed by atoms with E-state index < -0.39 is 14.8 Å². The van der Waals surface area contributed by atoms with Crippen LogP contribution in [-0.2, 0) is 9.32 Å². The molecule has 0 saturated heterocycles. The molecule has 0 amide bonds. The van der Waals surface area contributed by atoms with E-state index in [0.29, 0.717) is 5.92 Å². The molecular formula is C32H36O2P2. The molecule has 0 fully saturated rings. The third-order valence-corrected chi connectivity index (χ3v) is 16.0. The first-order valence-corrected chi connectivity index (χ1v) is 16.8. The first-order valence-electron chi connectivity index (χ1n) is 12.7. The zero-order valence-corrected chi connectivity index (χ0v) is 23.0. The Morgan fingerprint density at radius 3 is 1.47 bits per heavy atom. The Kier molecular flexibility index (Phi) is 8.73. The molecule has 0 spiro atoms. The number of hydrogen-bond donors (Lipinski definition) is 0. The van der Waals surface area contributed by atoms with Crippen LogP contribution in [0.2, 0.25) is 0 Å². The molecule has 0 aliphatic heterocycles. The van der Waals surface area contributed by atoms with E-state index >= 15 is 0 Å². The van der Waals surface area contributed by atoms with Crippen LogP contribution in [0, 0.1) is 5.92 Å². The Hall–Kier alpha value is -2.79. The van der Waals surface area contributed by atoms with Crippen LogP contribution in [-0.4, -0.2) is 25.0 Å². The van der Waals surface area contributed by atoms with Crippen molar-refractivity contribution in [3.63, 3.8) is 0 Å². The van der Waals surface area contributed by atoms with Crippen molar-refractivity contribution in [2.75, 3.05) is 18.5 Å². The molecule has 0 unspecified atom stereocenters. The summed E-state index contributed by atoms with van der Waals surface area (Å²) >= 11 is 0. The molecule has 0 N–H and O–H groups in total. The predicted octanol–water partition coefficient (Wildman–Crippen LogP) is 6.46. The van der Waals surface area contributed by atoms with Crippen LogP contribution in [0.3, 0.4) is 0 Å². The molecule has 0 aliphatic carbocycles. The van der Waals surface area contributed by atoms with Gasteiger partial charge in [-0.2, -0.15) is 0 Å². The Labute approximate surface area is 217 Å². The molecule has 186 valence electrons. The number of hydrogen-bond acceptors (Lipinski definition) is 2. The molecule has 0 heterocycles. The summed E-state index contributed by atoms with van der Waals surface area (Å²) in [7, 11) is -0.628. The normalized spacial score (nSPS) is 12.7. The van der Waals surface area contributed by atoms with Crippen molar-refractivity contribution in [3.05, 3.63) is 121 Å². The fraction of sp³-hybridized carbons (Fsp3) is 0.219. The third kappa shape index (κ3) is 5.46. The minimum atomic E-state index is -3.36. The molecule has 0 atom stereocenters. The topological polar surface area (TPSA) is 26.3 Å². The molecule has 2 nitrogen and oxygen atoms in total. The van der Waals surface area contributed by atoms with Crippen molar-refractivity contribution >= 4 is 42.4 Å². The summed E-state index contributed by atoms with van der Waals surface area (Å²) in [6.07, 6.45) is 3.60. The molecule has 0 aromatic heterocycles. The van der Waals surface area contributed by atoms with E-state index in [0.717, 1.165) is 31.4 Å². The van der Waals surface area contributed by atoms with Gasteiger partial charge in [-0.25, -0.2) is 0 Å². The van der Waals surface area contributed by atoms with Gasteiger partial charge in [0.1, 0.15) is 0 Å². The van der Waals surface area contributed by atoms with Crippen molar-refractivity contribution < 1.29 is 9.32 Å². The van der Waals surface area contributed by atoms with Crippen LogP contribution in [0.5, 0.6) is 0 Å². The van der Waals surface area contributed by atoms with Gasteiger partial charge in [0, 0.05) is 0 Å². The maximum absolute atomic E-state index is 12.4. The van der Waals surface area contributed by atoms with Crippen LogP contribution >= 0.6 is 14.8 Å². The van der Waals surface area contributed by atoms with Gasteiger partial charge in [0.05, 0.1) is 0 Å². The molecule has 36 heavy (non-hydrogen) atoms. The van der Waals surface area contributed by atoms with E-state index in [1.165, 1.54) is 21.2 Å². The molecule has 4 aromatic carbocycles. The summed E-state index contributed by atoms with van der Waals surface area (Å²) in [5, 5.41) is 5.04. The summed E-state index contributed by atoms with van der Waals surface area (Å²) in [6, 6.07) is 42.8. The predicted molar refractivity (Wildman–Crippen MR) is 159 cm³/mol. The van der Waals surface area contributed by atoms with E-state index in [2.05, 4.69) is 123 Å². The van der Waals surface area contributed by atoms with Gasteiger partial charge in [0.15, 0.2) is 0 Å². The second-order valence-electron chi connectivity index (χ2n) is 9.73. The second kappa shape index (κ2) is 12.0.